The van der Waals surface area contributed by atoms with Crippen LogP contribution < -0.4 is 10.6 Å². The van der Waals surface area contributed by atoms with Crippen molar-refractivity contribution in [2.24, 2.45) is 0 Å². The number of piperidine rings is 1. The topological polar surface area (TPSA) is 54.3 Å². The SMILES string of the molecule is O=C(NC1CCNC2(CCCCC2)C1)c1ccoc1Br. The molecule has 110 valence electrons. The molecule has 0 radical (unpaired) electrons. The van der Waals surface area contributed by atoms with Crippen molar-refractivity contribution in [1.82, 2.24) is 10.6 Å². The van der Waals surface area contributed by atoms with Crippen molar-refractivity contribution in [3.8, 4) is 0 Å². The van der Waals surface area contributed by atoms with Crippen molar-refractivity contribution in [1.29, 1.82) is 0 Å². The lowest BCUT2D eigenvalue weighted by molar-refractivity contribution is 0.0891. The zero-order valence-corrected chi connectivity index (χ0v) is 13.2. The van der Waals surface area contributed by atoms with Crippen LogP contribution in [0.4, 0.5) is 0 Å². The number of carbonyl (C=O) groups is 1. The second kappa shape index (κ2) is 5.90. The van der Waals surface area contributed by atoms with Gasteiger partial charge in [0.1, 0.15) is 0 Å². The van der Waals surface area contributed by atoms with Crippen LogP contribution in [0.1, 0.15) is 55.3 Å². The maximum absolute atomic E-state index is 12.2. The molecule has 0 bridgehead atoms. The number of amides is 1. The van der Waals surface area contributed by atoms with Gasteiger partial charge < -0.3 is 15.1 Å². The third-order valence-corrected chi connectivity index (χ3v) is 5.25. The van der Waals surface area contributed by atoms with E-state index in [1.807, 2.05) is 0 Å². The third-order valence-electron chi connectivity index (χ3n) is 4.64. The summed E-state index contributed by atoms with van der Waals surface area (Å²) in [6.07, 6.45) is 10.0. The van der Waals surface area contributed by atoms with Gasteiger partial charge in [-0.3, -0.25) is 4.79 Å². The lowest BCUT2D eigenvalue weighted by Gasteiger charge is -2.44. The summed E-state index contributed by atoms with van der Waals surface area (Å²) in [7, 11) is 0. The second-order valence-electron chi connectivity index (χ2n) is 6.04. The minimum absolute atomic E-state index is 0.0384. The lowest BCUT2D eigenvalue weighted by Crippen LogP contribution is -2.57. The molecule has 1 amide bonds. The molecule has 1 atom stereocenters. The smallest absolute Gasteiger partial charge is 0.255 e. The zero-order chi connectivity index (χ0) is 14.0. The van der Waals surface area contributed by atoms with Crippen molar-refractivity contribution in [3.63, 3.8) is 0 Å². The Labute approximate surface area is 127 Å². The highest BCUT2D eigenvalue weighted by Crippen LogP contribution is 2.34. The molecule has 1 spiro atoms. The van der Waals surface area contributed by atoms with Crippen molar-refractivity contribution >= 4 is 21.8 Å². The first-order valence-corrected chi connectivity index (χ1v) is 8.27. The van der Waals surface area contributed by atoms with Gasteiger partial charge >= 0.3 is 0 Å². The van der Waals surface area contributed by atoms with Gasteiger partial charge in [0, 0.05) is 11.6 Å². The Bertz CT molecular complexity index is 474. The first kappa shape index (κ1) is 14.1. The Kier molecular flexibility index (Phi) is 4.17. The molecule has 1 aliphatic heterocycles. The second-order valence-corrected chi connectivity index (χ2v) is 6.76. The minimum Gasteiger partial charge on any atom is -0.457 e. The summed E-state index contributed by atoms with van der Waals surface area (Å²) in [5.41, 5.74) is 0.850. The molecule has 1 saturated carbocycles. The average Bonchev–Trinajstić information content (AvgIpc) is 2.86. The Balaban J connectivity index is 1.63. The van der Waals surface area contributed by atoms with E-state index in [0.29, 0.717) is 10.2 Å². The largest absolute Gasteiger partial charge is 0.457 e. The molecule has 0 aromatic carbocycles. The molecular weight excluding hydrogens is 320 g/mol. The first-order chi connectivity index (χ1) is 9.69. The van der Waals surface area contributed by atoms with Gasteiger partial charge in [0.2, 0.25) is 0 Å². The molecule has 2 N–H and O–H groups in total. The molecule has 2 aliphatic rings. The van der Waals surface area contributed by atoms with Crippen molar-refractivity contribution in [2.75, 3.05) is 6.54 Å². The number of rotatable bonds is 2. The van der Waals surface area contributed by atoms with Crippen molar-refractivity contribution in [2.45, 2.75) is 56.5 Å². The van der Waals surface area contributed by atoms with E-state index in [-0.39, 0.29) is 17.5 Å². The Hall–Kier alpha value is -0.810. The molecule has 20 heavy (non-hydrogen) atoms. The molecule has 2 fully saturated rings. The Morgan fingerprint density at radius 2 is 2.20 bits per heavy atom. The van der Waals surface area contributed by atoms with E-state index in [2.05, 4.69) is 26.6 Å². The van der Waals surface area contributed by atoms with Gasteiger partial charge in [-0.05, 0) is 54.2 Å². The molecule has 1 unspecified atom stereocenters. The lowest BCUT2D eigenvalue weighted by atomic mass is 9.75. The van der Waals surface area contributed by atoms with E-state index in [9.17, 15) is 4.79 Å². The van der Waals surface area contributed by atoms with Gasteiger partial charge in [-0.1, -0.05) is 19.3 Å². The van der Waals surface area contributed by atoms with E-state index in [1.165, 1.54) is 38.4 Å². The van der Waals surface area contributed by atoms with E-state index >= 15 is 0 Å². The highest BCUT2D eigenvalue weighted by atomic mass is 79.9. The fourth-order valence-corrected chi connectivity index (χ4v) is 4.03. The van der Waals surface area contributed by atoms with Crippen LogP contribution in [0.25, 0.3) is 0 Å². The van der Waals surface area contributed by atoms with Crippen LogP contribution in [-0.2, 0) is 0 Å². The summed E-state index contributed by atoms with van der Waals surface area (Å²) in [5.74, 6) is -0.0384. The van der Waals surface area contributed by atoms with Crippen molar-refractivity contribution < 1.29 is 9.21 Å². The summed E-state index contributed by atoms with van der Waals surface area (Å²) < 4.78 is 5.64. The first-order valence-electron chi connectivity index (χ1n) is 7.47. The van der Waals surface area contributed by atoms with Gasteiger partial charge in [-0.25, -0.2) is 0 Å². The van der Waals surface area contributed by atoms with Crippen molar-refractivity contribution in [3.05, 3.63) is 22.6 Å². The predicted molar refractivity (Wildman–Crippen MR) is 80.7 cm³/mol. The summed E-state index contributed by atoms with van der Waals surface area (Å²) in [6.45, 7) is 0.998. The van der Waals surface area contributed by atoms with Crippen LogP contribution in [0.5, 0.6) is 0 Å². The molecule has 1 aromatic rings. The molecule has 4 nitrogen and oxygen atoms in total. The highest BCUT2D eigenvalue weighted by molar-refractivity contribution is 9.10. The van der Waals surface area contributed by atoms with E-state index in [1.54, 1.807) is 6.07 Å². The number of hydrogen-bond donors (Lipinski definition) is 2. The van der Waals surface area contributed by atoms with Gasteiger partial charge in [-0.2, -0.15) is 0 Å². The quantitative estimate of drug-likeness (QED) is 0.868. The Morgan fingerprint density at radius 3 is 2.90 bits per heavy atom. The number of nitrogens with one attached hydrogen (secondary N) is 2. The van der Waals surface area contributed by atoms with Crippen LogP contribution in [-0.4, -0.2) is 24.0 Å². The van der Waals surface area contributed by atoms with Gasteiger partial charge in [0.05, 0.1) is 11.8 Å². The summed E-state index contributed by atoms with van der Waals surface area (Å²) in [4.78, 5) is 12.2. The molecular formula is C15H21BrN2O2. The summed E-state index contributed by atoms with van der Waals surface area (Å²) in [5, 5.41) is 6.87. The number of carbonyl (C=O) groups excluding carboxylic acids is 1. The van der Waals surface area contributed by atoms with E-state index in [4.69, 9.17) is 4.42 Å². The van der Waals surface area contributed by atoms with Crippen LogP contribution in [0.3, 0.4) is 0 Å². The molecule has 1 saturated heterocycles. The maximum atomic E-state index is 12.2. The highest BCUT2D eigenvalue weighted by Gasteiger charge is 2.37. The van der Waals surface area contributed by atoms with Gasteiger partial charge in [0.15, 0.2) is 4.67 Å². The van der Waals surface area contributed by atoms with E-state index in [0.717, 1.165) is 19.4 Å². The van der Waals surface area contributed by atoms with Crippen LogP contribution in [0.2, 0.25) is 0 Å². The number of halogens is 1. The molecule has 3 rings (SSSR count). The monoisotopic (exact) mass is 340 g/mol. The molecule has 2 heterocycles. The predicted octanol–water partition coefficient (Wildman–Crippen LogP) is 3.23. The average molecular weight is 341 g/mol. The van der Waals surface area contributed by atoms with Gasteiger partial charge in [0.25, 0.3) is 5.91 Å². The third kappa shape index (κ3) is 2.93. The van der Waals surface area contributed by atoms with Gasteiger partial charge in [-0.15, -0.1) is 0 Å². The normalized spacial score (nSPS) is 25.6. The summed E-state index contributed by atoms with van der Waals surface area (Å²) in [6, 6.07) is 1.97. The number of furan rings is 1. The standard InChI is InChI=1S/C15H21BrN2O2/c16-13-12(5-9-20-13)14(19)18-11-4-8-17-15(10-11)6-2-1-3-7-15/h5,9,11,17H,1-4,6-8,10H2,(H,18,19). The Morgan fingerprint density at radius 1 is 1.40 bits per heavy atom. The maximum Gasteiger partial charge on any atom is 0.255 e. The van der Waals surface area contributed by atoms with Crippen LogP contribution >= 0.6 is 15.9 Å². The molecule has 1 aromatic heterocycles. The van der Waals surface area contributed by atoms with Crippen LogP contribution in [0, 0.1) is 0 Å². The zero-order valence-electron chi connectivity index (χ0n) is 11.6. The minimum atomic E-state index is -0.0384. The van der Waals surface area contributed by atoms with E-state index < -0.39 is 0 Å². The fourth-order valence-electron chi connectivity index (χ4n) is 3.61. The number of hydrogen-bond acceptors (Lipinski definition) is 3. The fraction of sp³-hybridized carbons (Fsp3) is 0.667. The van der Waals surface area contributed by atoms with Crippen LogP contribution in [0.15, 0.2) is 21.4 Å². The molecule has 1 aliphatic carbocycles. The summed E-state index contributed by atoms with van der Waals surface area (Å²) >= 11 is 3.26. The molecule has 5 heteroatoms.